The number of aromatic hydroxyl groups is 1. The van der Waals surface area contributed by atoms with Crippen LogP contribution in [0.5, 0.6) is 5.75 Å². The van der Waals surface area contributed by atoms with Crippen molar-refractivity contribution in [3.63, 3.8) is 0 Å². The quantitative estimate of drug-likeness (QED) is 0.0463. The molecule has 0 fully saturated rings. The number of amides is 2. The van der Waals surface area contributed by atoms with E-state index in [1.54, 1.807) is 12.3 Å². The van der Waals surface area contributed by atoms with Gasteiger partial charge in [0.1, 0.15) is 11.8 Å². The summed E-state index contributed by atoms with van der Waals surface area (Å²) in [5, 5.41) is 18.7. The molecular weight excluding hydrogens is 715 g/mol. The Labute approximate surface area is 357 Å². The smallest absolute Gasteiger partial charge is 0.244 e. The van der Waals surface area contributed by atoms with Gasteiger partial charge in [0, 0.05) is 31.3 Å². The zero-order chi connectivity index (χ0) is 41.6. The molecule has 0 saturated heterocycles. The molecule has 0 saturated carbocycles. The maximum atomic E-state index is 13.4. The Balaban J connectivity index is 1.62. The minimum absolute atomic E-state index is 0.0280. The molecule has 58 heavy (non-hydrogen) atoms. The zero-order valence-electron chi connectivity index (χ0n) is 37.8. The lowest BCUT2D eigenvalue weighted by Crippen LogP contribution is -2.35. The fourth-order valence-corrected chi connectivity index (χ4v) is 8.12. The number of carbonyl (C=O) groups excluding carboxylic acids is 2. The molecular formula is C52H89N3O3. The number of carbonyl (C=O) groups is 2. The molecule has 6 nitrogen and oxygen atoms in total. The second-order valence-electron chi connectivity index (χ2n) is 17.3. The lowest BCUT2D eigenvalue weighted by molar-refractivity contribution is -0.123. The van der Waals surface area contributed by atoms with Crippen molar-refractivity contribution in [2.75, 3.05) is 13.1 Å². The van der Waals surface area contributed by atoms with Crippen molar-refractivity contribution >= 4 is 28.8 Å². The molecule has 2 amide bonds. The summed E-state index contributed by atoms with van der Waals surface area (Å²) in [5.74, 6) is -0.0476. The number of phenolic OH excluding ortho intramolecular Hbond substituents is 1. The third-order valence-corrected chi connectivity index (χ3v) is 12.0. The molecule has 0 aliphatic heterocycles. The summed E-state index contributed by atoms with van der Waals surface area (Å²) in [7, 11) is 0. The summed E-state index contributed by atoms with van der Waals surface area (Å²) in [6.07, 6.45) is 44.6. The van der Waals surface area contributed by atoms with Gasteiger partial charge in [0.05, 0.1) is 0 Å². The summed E-state index contributed by atoms with van der Waals surface area (Å²) in [4.78, 5) is 30.9. The first-order chi connectivity index (χ1) is 28.6. The van der Waals surface area contributed by atoms with Crippen molar-refractivity contribution in [3.05, 3.63) is 42.0 Å². The molecule has 0 bridgehead atoms. The van der Waals surface area contributed by atoms with Crippen LogP contribution in [0.3, 0.4) is 0 Å². The van der Waals surface area contributed by atoms with Gasteiger partial charge in [0.15, 0.2) is 0 Å². The Morgan fingerprint density at radius 3 is 1.38 bits per heavy atom. The monoisotopic (exact) mass is 804 g/mol. The van der Waals surface area contributed by atoms with Crippen LogP contribution >= 0.6 is 0 Å². The predicted molar refractivity (Wildman–Crippen MR) is 251 cm³/mol. The molecule has 6 heteroatoms. The van der Waals surface area contributed by atoms with Gasteiger partial charge in [-0.05, 0) is 36.1 Å². The van der Waals surface area contributed by atoms with E-state index in [2.05, 4.69) is 29.5 Å². The van der Waals surface area contributed by atoms with Gasteiger partial charge in [-0.25, -0.2) is 0 Å². The molecule has 2 aromatic carbocycles. The highest BCUT2D eigenvalue weighted by Crippen LogP contribution is 2.26. The second-order valence-corrected chi connectivity index (χ2v) is 17.3. The van der Waals surface area contributed by atoms with E-state index >= 15 is 0 Å². The lowest BCUT2D eigenvalue weighted by atomic mass is 10.0. The van der Waals surface area contributed by atoms with Crippen molar-refractivity contribution in [2.24, 2.45) is 4.99 Å². The molecule has 330 valence electrons. The molecule has 0 radical (unpaired) electrons. The Bertz CT molecular complexity index is 1310. The van der Waals surface area contributed by atoms with Crippen LogP contribution in [0.25, 0.3) is 10.8 Å². The first kappa shape index (κ1) is 51.3. The van der Waals surface area contributed by atoms with E-state index in [0.29, 0.717) is 25.1 Å². The van der Waals surface area contributed by atoms with E-state index < -0.39 is 6.04 Å². The Morgan fingerprint density at radius 2 is 0.931 bits per heavy atom. The van der Waals surface area contributed by atoms with Crippen LogP contribution in [0.4, 0.5) is 0 Å². The van der Waals surface area contributed by atoms with Gasteiger partial charge in [-0.1, -0.05) is 237 Å². The number of rotatable bonds is 40. The van der Waals surface area contributed by atoms with Crippen molar-refractivity contribution in [1.29, 1.82) is 0 Å². The first-order valence-corrected chi connectivity index (χ1v) is 24.8. The number of benzene rings is 2. The van der Waals surface area contributed by atoms with E-state index in [1.807, 2.05) is 30.3 Å². The van der Waals surface area contributed by atoms with Gasteiger partial charge >= 0.3 is 0 Å². The van der Waals surface area contributed by atoms with Gasteiger partial charge < -0.3 is 15.7 Å². The van der Waals surface area contributed by atoms with E-state index in [-0.39, 0.29) is 24.0 Å². The largest absolute Gasteiger partial charge is 0.507 e. The molecule has 2 rings (SSSR count). The highest BCUT2D eigenvalue weighted by atomic mass is 16.3. The van der Waals surface area contributed by atoms with Crippen LogP contribution in [-0.2, 0) is 9.59 Å². The number of nitrogens with zero attached hydrogens (tertiary/aromatic N) is 1. The van der Waals surface area contributed by atoms with Crippen LogP contribution in [0.1, 0.15) is 238 Å². The van der Waals surface area contributed by atoms with Gasteiger partial charge in [0.2, 0.25) is 11.8 Å². The third-order valence-electron chi connectivity index (χ3n) is 12.0. The maximum Gasteiger partial charge on any atom is 0.244 e. The zero-order valence-corrected chi connectivity index (χ0v) is 37.8. The summed E-state index contributed by atoms with van der Waals surface area (Å²) in [6, 6.07) is 10.7. The molecule has 1 atom stereocenters. The Hall–Kier alpha value is -2.89. The molecule has 0 aliphatic rings. The van der Waals surface area contributed by atoms with Crippen LogP contribution < -0.4 is 10.6 Å². The van der Waals surface area contributed by atoms with E-state index in [9.17, 15) is 14.7 Å². The third kappa shape index (κ3) is 27.0. The van der Waals surface area contributed by atoms with Crippen LogP contribution in [0.2, 0.25) is 0 Å². The molecule has 2 aromatic rings. The van der Waals surface area contributed by atoms with Gasteiger partial charge in [-0.15, -0.1) is 0 Å². The standard InChI is InChI=1S/C52H89N3O3/c1-3-5-7-9-11-13-15-17-19-21-23-25-27-29-31-35-43-53-51(57)42-40-49(55-45-48-47-38-34-33-37-46(47)39-41-50(48)56)52(58)54-44-36-32-30-28-26-24-22-20-18-16-14-12-10-8-6-4-2/h33-34,37-39,41,45,49,56H,3-32,35-36,40,42-44H2,1-2H3,(H,53,57)(H,54,58)/t49-/m1/s1. The summed E-state index contributed by atoms with van der Waals surface area (Å²) >= 11 is 0. The lowest BCUT2D eigenvalue weighted by Gasteiger charge is -2.14. The summed E-state index contributed by atoms with van der Waals surface area (Å²) in [5.41, 5.74) is 0.599. The SMILES string of the molecule is CCCCCCCCCCCCCCCCCCNC(=O)CC[C@@H](N=Cc1c(O)ccc2ccccc12)C(=O)NCCCCCCCCCCCCCCCCCC. The topological polar surface area (TPSA) is 90.8 Å². The number of fused-ring (bicyclic) bond motifs is 1. The molecule has 0 aromatic heterocycles. The highest BCUT2D eigenvalue weighted by molar-refractivity contribution is 6.03. The number of phenols is 1. The molecule has 0 heterocycles. The number of hydrogen-bond donors (Lipinski definition) is 3. The predicted octanol–water partition coefficient (Wildman–Crippen LogP) is 14.9. The van der Waals surface area contributed by atoms with E-state index in [0.717, 1.165) is 36.5 Å². The highest BCUT2D eigenvalue weighted by Gasteiger charge is 2.19. The average molecular weight is 804 g/mol. The van der Waals surface area contributed by atoms with Crippen molar-refractivity contribution in [3.8, 4) is 5.75 Å². The fraction of sp³-hybridized carbons (Fsp3) is 0.750. The number of aliphatic imine (C=N–C) groups is 1. The van der Waals surface area contributed by atoms with E-state index in [4.69, 9.17) is 0 Å². The molecule has 3 N–H and O–H groups in total. The first-order valence-electron chi connectivity index (χ1n) is 24.8. The Kier molecular flexibility index (Phi) is 32.8. The van der Waals surface area contributed by atoms with Crippen LogP contribution in [0.15, 0.2) is 41.4 Å². The van der Waals surface area contributed by atoms with Crippen molar-refractivity contribution in [2.45, 2.75) is 238 Å². The minimum Gasteiger partial charge on any atom is -0.507 e. The van der Waals surface area contributed by atoms with Crippen LogP contribution in [-0.4, -0.2) is 42.3 Å². The average Bonchev–Trinajstić information content (AvgIpc) is 3.23. The van der Waals surface area contributed by atoms with Gasteiger partial charge in [-0.3, -0.25) is 14.6 Å². The summed E-state index contributed by atoms with van der Waals surface area (Å²) < 4.78 is 0. The summed E-state index contributed by atoms with van der Waals surface area (Å²) in [6.45, 7) is 5.86. The number of unbranched alkanes of at least 4 members (excludes halogenated alkanes) is 30. The fourth-order valence-electron chi connectivity index (χ4n) is 8.12. The number of nitrogens with one attached hydrogen (secondary N) is 2. The van der Waals surface area contributed by atoms with Crippen LogP contribution in [0, 0.1) is 0 Å². The van der Waals surface area contributed by atoms with E-state index in [1.165, 1.54) is 180 Å². The molecule has 0 unspecified atom stereocenters. The second kappa shape index (κ2) is 37.1. The van der Waals surface area contributed by atoms with Crippen molar-refractivity contribution < 1.29 is 14.7 Å². The van der Waals surface area contributed by atoms with Gasteiger partial charge in [-0.2, -0.15) is 0 Å². The Morgan fingerprint density at radius 1 is 0.534 bits per heavy atom. The van der Waals surface area contributed by atoms with Crippen molar-refractivity contribution in [1.82, 2.24) is 10.6 Å². The minimum atomic E-state index is -0.694. The molecule has 0 spiro atoms. The van der Waals surface area contributed by atoms with Gasteiger partial charge in [0.25, 0.3) is 0 Å². The molecule has 0 aliphatic carbocycles. The number of hydrogen-bond acceptors (Lipinski definition) is 4. The maximum absolute atomic E-state index is 13.4. The normalized spacial score (nSPS) is 12.1.